The first-order chi connectivity index (χ1) is 24.1. The van der Waals surface area contributed by atoms with Crippen molar-refractivity contribution < 1.29 is 19.7 Å². The molecule has 6 heteroatoms. The van der Waals surface area contributed by atoms with Gasteiger partial charge >= 0.3 is 0 Å². The first kappa shape index (κ1) is 42.1. The third-order valence-electron chi connectivity index (χ3n) is 9.06. The number of ether oxygens (including phenoxy) is 2. The molecule has 0 amide bonds. The van der Waals surface area contributed by atoms with E-state index in [9.17, 15) is 10.2 Å². The summed E-state index contributed by atoms with van der Waals surface area (Å²) in [6.07, 6.45) is 9.05. The van der Waals surface area contributed by atoms with Crippen molar-refractivity contribution in [1.29, 1.82) is 0 Å². The highest BCUT2D eigenvalue weighted by Gasteiger charge is 2.16. The van der Waals surface area contributed by atoms with Crippen molar-refractivity contribution in [2.45, 2.75) is 120 Å². The molecule has 0 fully saturated rings. The zero-order valence-corrected chi connectivity index (χ0v) is 32.4. The lowest BCUT2D eigenvalue weighted by Crippen LogP contribution is -2.11. The summed E-state index contributed by atoms with van der Waals surface area (Å²) in [6, 6.07) is 18.8. The van der Waals surface area contributed by atoms with Gasteiger partial charge < -0.3 is 19.7 Å². The van der Waals surface area contributed by atoms with E-state index < -0.39 is 0 Å². The normalized spacial score (nSPS) is 13.0. The Morgan fingerprint density at radius 2 is 1.18 bits per heavy atom. The minimum absolute atomic E-state index is 0.00823. The lowest BCUT2D eigenvalue weighted by Gasteiger charge is -2.17. The van der Waals surface area contributed by atoms with Crippen LogP contribution in [0.15, 0.2) is 77.2 Å². The third kappa shape index (κ3) is 13.3. The molecular formula is C44H64N2O4. The van der Waals surface area contributed by atoms with E-state index in [2.05, 4.69) is 72.4 Å². The molecule has 6 nitrogen and oxygen atoms in total. The molecular weight excluding hydrogens is 620 g/mol. The Morgan fingerprint density at radius 3 is 1.60 bits per heavy atom. The van der Waals surface area contributed by atoms with Crippen LogP contribution in [0.25, 0.3) is 5.70 Å². The van der Waals surface area contributed by atoms with Gasteiger partial charge in [-0.15, -0.1) is 0 Å². The molecule has 0 aliphatic heterocycles. The summed E-state index contributed by atoms with van der Waals surface area (Å²) in [5, 5.41) is 22.2. The van der Waals surface area contributed by atoms with Crippen molar-refractivity contribution in [3.8, 4) is 23.0 Å². The summed E-state index contributed by atoms with van der Waals surface area (Å²) in [5.74, 6) is 2.90. The second-order valence-corrected chi connectivity index (χ2v) is 13.2. The Morgan fingerprint density at radius 1 is 0.700 bits per heavy atom. The van der Waals surface area contributed by atoms with Gasteiger partial charge in [0.1, 0.15) is 23.0 Å². The van der Waals surface area contributed by atoms with E-state index in [1.807, 2.05) is 32.9 Å². The van der Waals surface area contributed by atoms with Crippen LogP contribution in [0.1, 0.15) is 142 Å². The van der Waals surface area contributed by atoms with Gasteiger partial charge in [0.15, 0.2) is 5.84 Å². The molecule has 2 atom stereocenters. The summed E-state index contributed by atoms with van der Waals surface area (Å²) in [7, 11) is 0. The van der Waals surface area contributed by atoms with Crippen LogP contribution in [-0.4, -0.2) is 35.0 Å². The van der Waals surface area contributed by atoms with Crippen molar-refractivity contribution in [3.05, 3.63) is 89.5 Å². The number of hydrogen-bond acceptors (Lipinski definition) is 5. The fraction of sp³-hybridized carbons (Fsp3) is 0.500. The minimum atomic E-state index is 0.00823. The van der Waals surface area contributed by atoms with Gasteiger partial charge in [-0.05, 0) is 72.9 Å². The Bertz CT molecular complexity index is 1510. The third-order valence-corrected chi connectivity index (χ3v) is 9.06. The highest BCUT2D eigenvalue weighted by atomic mass is 16.5. The molecule has 0 bridgehead atoms. The number of nitrogens with zero attached hydrogens (tertiary/aromatic N) is 2. The number of phenolic OH excluding ortho intramolecular Hbond substituents is 2. The number of rotatable bonds is 19. The van der Waals surface area contributed by atoms with E-state index >= 15 is 0 Å². The van der Waals surface area contributed by atoms with Gasteiger partial charge in [-0.1, -0.05) is 125 Å². The van der Waals surface area contributed by atoms with Crippen molar-refractivity contribution in [1.82, 2.24) is 0 Å². The van der Waals surface area contributed by atoms with Crippen LogP contribution in [-0.2, 0) is 0 Å². The number of phenols is 2. The van der Waals surface area contributed by atoms with E-state index in [4.69, 9.17) is 19.5 Å². The number of aromatic hydroxyl groups is 2. The maximum Gasteiger partial charge on any atom is 0.163 e. The lowest BCUT2D eigenvalue weighted by molar-refractivity contribution is 0.232. The Balaban J connectivity index is 0.00000425. The van der Waals surface area contributed by atoms with Gasteiger partial charge in [-0.3, -0.25) is 0 Å². The van der Waals surface area contributed by atoms with Gasteiger partial charge in [0.2, 0.25) is 0 Å². The van der Waals surface area contributed by atoms with Crippen LogP contribution >= 0.6 is 0 Å². The fourth-order valence-corrected chi connectivity index (χ4v) is 5.53. The van der Waals surface area contributed by atoms with Crippen molar-refractivity contribution >= 4 is 17.2 Å². The molecule has 0 spiro atoms. The molecule has 0 aliphatic rings. The van der Waals surface area contributed by atoms with Gasteiger partial charge in [0, 0.05) is 23.4 Å². The second kappa shape index (κ2) is 22.6. The highest BCUT2D eigenvalue weighted by molar-refractivity contribution is 6.13. The van der Waals surface area contributed by atoms with Crippen LogP contribution in [0.2, 0.25) is 0 Å². The number of amidine groups is 1. The van der Waals surface area contributed by atoms with Gasteiger partial charge in [-0.2, -0.15) is 0 Å². The zero-order chi connectivity index (χ0) is 37.1. The van der Waals surface area contributed by atoms with E-state index in [1.54, 1.807) is 24.3 Å². The second-order valence-electron chi connectivity index (χ2n) is 13.2. The molecule has 0 radical (unpaired) electrons. The average molecular weight is 685 g/mol. The van der Waals surface area contributed by atoms with Crippen LogP contribution in [0.3, 0.4) is 0 Å². The quantitative estimate of drug-likeness (QED) is 0.0972. The standard InChI is InChI=1S/C42H58N2O4.C2H6/c1-9-13-15-32(11-3)27-47-36-21-23-38(40(45)25-36)31(8)44-42(43-30(7)35-19-17-34(18-20-35)29(5)6)39-24-22-37(26-41(39)46)48-28-33(12-4)16-14-10-2;1-2/h17-26,29,32-33,45-46H,8-16,27-28H2,1-7H3;1-2H3. The summed E-state index contributed by atoms with van der Waals surface area (Å²) >= 11 is 0. The number of hydrogen-bond donors (Lipinski definition) is 2. The van der Waals surface area contributed by atoms with Gasteiger partial charge in [0.25, 0.3) is 0 Å². The summed E-state index contributed by atoms with van der Waals surface area (Å²) in [5.41, 5.74) is 4.15. The molecule has 0 aliphatic carbocycles. The van der Waals surface area contributed by atoms with Crippen molar-refractivity contribution in [2.24, 2.45) is 21.8 Å². The van der Waals surface area contributed by atoms with E-state index in [1.165, 1.54) is 24.8 Å². The number of unbranched alkanes of at least 4 members (excludes halogenated alkanes) is 2. The molecule has 50 heavy (non-hydrogen) atoms. The largest absolute Gasteiger partial charge is 0.507 e. The zero-order valence-electron chi connectivity index (χ0n) is 32.4. The van der Waals surface area contributed by atoms with Crippen LogP contribution in [0, 0.1) is 11.8 Å². The number of benzene rings is 3. The van der Waals surface area contributed by atoms with Gasteiger partial charge in [0.05, 0.1) is 24.5 Å². The molecule has 274 valence electrons. The maximum absolute atomic E-state index is 11.2. The Hall–Kier alpha value is -4.06. The first-order valence-electron chi connectivity index (χ1n) is 18.9. The molecule has 2 N–H and O–H groups in total. The van der Waals surface area contributed by atoms with Crippen molar-refractivity contribution in [2.75, 3.05) is 13.2 Å². The Kier molecular flexibility index (Phi) is 19.0. The molecule has 0 heterocycles. The molecule has 3 aromatic carbocycles. The topological polar surface area (TPSA) is 83.6 Å². The first-order valence-corrected chi connectivity index (χ1v) is 18.9. The van der Waals surface area contributed by atoms with Gasteiger partial charge in [-0.25, -0.2) is 9.98 Å². The summed E-state index contributed by atoms with van der Waals surface area (Å²) in [6.45, 7) is 24.4. The molecule has 3 rings (SSSR count). The smallest absolute Gasteiger partial charge is 0.163 e. The molecule has 2 unspecified atom stereocenters. The van der Waals surface area contributed by atoms with E-state index in [0.717, 1.165) is 43.4 Å². The van der Waals surface area contributed by atoms with E-state index in [0.29, 0.717) is 59.3 Å². The monoisotopic (exact) mass is 684 g/mol. The summed E-state index contributed by atoms with van der Waals surface area (Å²) < 4.78 is 12.1. The fourth-order valence-electron chi connectivity index (χ4n) is 5.53. The van der Waals surface area contributed by atoms with Crippen LogP contribution < -0.4 is 9.47 Å². The predicted molar refractivity (Wildman–Crippen MR) is 213 cm³/mol. The number of aliphatic imine (C=N–C) groups is 2. The predicted octanol–water partition coefficient (Wildman–Crippen LogP) is 12.4. The Labute approximate surface area is 303 Å². The SMILES string of the molecule is C=C(N=C(N=C(C)c1ccc(C(C)C)cc1)c1ccc(OCC(CC)CCCC)cc1O)c1ccc(OCC(CC)CCCC)cc1O.CC. The average Bonchev–Trinajstić information content (AvgIpc) is 3.12. The highest BCUT2D eigenvalue weighted by Crippen LogP contribution is 2.32. The van der Waals surface area contributed by atoms with Crippen LogP contribution in [0.5, 0.6) is 23.0 Å². The molecule has 3 aromatic rings. The lowest BCUT2D eigenvalue weighted by atomic mass is 10.0. The molecule has 0 aromatic heterocycles. The summed E-state index contributed by atoms with van der Waals surface area (Å²) in [4.78, 5) is 9.68. The van der Waals surface area contributed by atoms with Crippen LogP contribution in [0.4, 0.5) is 0 Å². The molecule has 0 saturated heterocycles. The maximum atomic E-state index is 11.2. The van der Waals surface area contributed by atoms with Crippen molar-refractivity contribution in [3.63, 3.8) is 0 Å². The van der Waals surface area contributed by atoms with E-state index in [-0.39, 0.29) is 17.3 Å². The molecule has 0 saturated carbocycles. The minimum Gasteiger partial charge on any atom is -0.507 e.